The SMILES string of the molecule is CN1CCCC1c1cc(C(=O)N[C@H](CO)Cc2ccc(O)cc2)n[nH]1. The van der Waals surface area contributed by atoms with E-state index in [2.05, 4.69) is 27.5 Å². The number of nitrogens with one attached hydrogen (secondary N) is 2. The van der Waals surface area contributed by atoms with Crippen LogP contribution < -0.4 is 5.32 Å². The summed E-state index contributed by atoms with van der Waals surface area (Å²) < 4.78 is 0. The van der Waals surface area contributed by atoms with Gasteiger partial charge in [-0.25, -0.2) is 0 Å². The zero-order valence-corrected chi connectivity index (χ0v) is 14.3. The molecule has 1 aliphatic heterocycles. The number of aromatic nitrogens is 2. The van der Waals surface area contributed by atoms with Crippen molar-refractivity contribution in [2.24, 2.45) is 0 Å². The van der Waals surface area contributed by atoms with Gasteiger partial charge in [-0.1, -0.05) is 12.1 Å². The molecule has 2 atom stereocenters. The van der Waals surface area contributed by atoms with Gasteiger partial charge in [-0.3, -0.25) is 14.8 Å². The largest absolute Gasteiger partial charge is 0.508 e. The Labute approximate surface area is 146 Å². The predicted octanol–water partition coefficient (Wildman–Crippen LogP) is 1.22. The molecule has 7 nitrogen and oxygen atoms in total. The summed E-state index contributed by atoms with van der Waals surface area (Å²) in [4.78, 5) is 14.7. The molecule has 0 spiro atoms. The summed E-state index contributed by atoms with van der Waals surface area (Å²) in [6.07, 6.45) is 2.67. The second-order valence-corrected chi connectivity index (χ2v) is 6.57. The van der Waals surface area contributed by atoms with E-state index in [0.717, 1.165) is 30.6 Å². The van der Waals surface area contributed by atoms with Crippen molar-refractivity contribution in [3.8, 4) is 5.75 Å². The second-order valence-electron chi connectivity index (χ2n) is 6.57. The highest BCUT2D eigenvalue weighted by atomic mass is 16.3. The van der Waals surface area contributed by atoms with E-state index in [-0.39, 0.29) is 24.3 Å². The number of aromatic amines is 1. The fraction of sp³-hybridized carbons (Fsp3) is 0.444. The lowest BCUT2D eigenvalue weighted by Crippen LogP contribution is -2.39. The average molecular weight is 344 g/mol. The molecule has 3 rings (SSSR count). The van der Waals surface area contributed by atoms with E-state index in [9.17, 15) is 15.0 Å². The first-order chi connectivity index (χ1) is 12.1. The molecule has 1 aliphatic rings. The Morgan fingerprint density at radius 3 is 2.84 bits per heavy atom. The molecule has 0 aliphatic carbocycles. The monoisotopic (exact) mass is 344 g/mol. The van der Waals surface area contributed by atoms with Gasteiger partial charge in [-0.2, -0.15) is 5.10 Å². The summed E-state index contributed by atoms with van der Waals surface area (Å²) in [7, 11) is 2.07. The van der Waals surface area contributed by atoms with Crippen molar-refractivity contribution < 1.29 is 15.0 Å². The van der Waals surface area contributed by atoms with Gasteiger partial charge in [0, 0.05) is 0 Å². The maximum atomic E-state index is 12.4. The van der Waals surface area contributed by atoms with Gasteiger partial charge in [-0.05, 0) is 56.6 Å². The highest BCUT2D eigenvalue weighted by Crippen LogP contribution is 2.29. The van der Waals surface area contributed by atoms with E-state index >= 15 is 0 Å². The molecule has 0 saturated carbocycles. The molecule has 0 radical (unpaired) electrons. The highest BCUT2D eigenvalue weighted by molar-refractivity contribution is 5.92. The molecule has 1 unspecified atom stereocenters. The number of carbonyl (C=O) groups excluding carboxylic acids is 1. The molecule has 1 aromatic carbocycles. The molecular formula is C18H24N4O3. The zero-order valence-electron chi connectivity index (χ0n) is 14.3. The standard InChI is InChI=1S/C18H24N4O3/c1-22-8-2-3-17(22)15-10-16(21-20-15)18(25)19-13(11-23)9-12-4-6-14(24)7-5-12/h4-7,10,13,17,23-24H,2-3,8-9,11H2,1H3,(H,19,25)(H,20,21)/t13-,17?/m0/s1. The third kappa shape index (κ3) is 4.18. The van der Waals surface area contributed by atoms with Gasteiger partial charge in [0.1, 0.15) is 11.4 Å². The number of amides is 1. The molecule has 2 aromatic rings. The van der Waals surface area contributed by atoms with E-state index < -0.39 is 6.04 Å². The van der Waals surface area contributed by atoms with Gasteiger partial charge in [-0.15, -0.1) is 0 Å². The number of carbonyl (C=O) groups is 1. The van der Waals surface area contributed by atoms with Crippen LogP contribution in [0.2, 0.25) is 0 Å². The number of benzene rings is 1. The third-order valence-electron chi connectivity index (χ3n) is 4.68. The molecule has 1 aromatic heterocycles. The number of aliphatic hydroxyl groups excluding tert-OH is 1. The van der Waals surface area contributed by atoms with Crippen LogP contribution in [0.4, 0.5) is 0 Å². The van der Waals surface area contributed by atoms with Crippen LogP contribution in [0.25, 0.3) is 0 Å². The Morgan fingerprint density at radius 1 is 1.44 bits per heavy atom. The minimum atomic E-state index is -0.411. The van der Waals surface area contributed by atoms with Gasteiger partial charge in [0.15, 0.2) is 0 Å². The van der Waals surface area contributed by atoms with Crippen LogP contribution in [-0.2, 0) is 6.42 Å². The van der Waals surface area contributed by atoms with Gasteiger partial charge in [0.25, 0.3) is 5.91 Å². The van der Waals surface area contributed by atoms with Crippen molar-refractivity contribution in [3.63, 3.8) is 0 Å². The van der Waals surface area contributed by atoms with E-state index in [1.165, 1.54) is 0 Å². The summed E-state index contributed by atoms with van der Waals surface area (Å²) >= 11 is 0. The highest BCUT2D eigenvalue weighted by Gasteiger charge is 2.25. The summed E-state index contributed by atoms with van der Waals surface area (Å²) in [5.41, 5.74) is 2.20. The number of rotatable bonds is 6. The first-order valence-electron chi connectivity index (χ1n) is 8.52. The summed E-state index contributed by atoms with van der Waals surface area (Å²) in [6.45, 7) is 0.875. The van der Waals surface area contributed by atoms with Crippen LogP contribution >= 0.6 is 0 Å². The first kappa shape index (κ1) is 17.4. The number of nitrogens with zero attached hydrogens (tertiary/aromatic N) is 2. The Kier molecular flexibility index (Phi) is 5.35. The Morgan fingerprint density at radius 2 is 2.20 bits per heavy atom. The van der Waals surface area contributed by atoms with Crippen LogP contribution in [0.5, 0.6) is 5.75 Å². The number of hydrogen-bond donors (Lipinski definition) is 4. The number of phenols is 1. The van der Waals surface area contributed by atoms with Gasteiger partial charge < -0.3 is 15.5 Å². The maximum Gasteiger partial charge on any atom is 0.272 e. The first-order valence-corrected chi connectivity index (χ1v) is 8.52. The lowest BCUT2D eigenvalue weighted by Gasteiger charge is -2.17. The Bertz CT molecular complexity index is 713. The molecule has 1 saturated heterocycles. The summed E-state index contributed by atoms with van der Waals surface area (Å²) in [5.74, 6) is -0.116. The molecule has 4 N–H and O–H groups in total. The zero-order chi connectivity index (χ0) is 17.8. The van der Waals surface area contributed by atoms with E-state index in [0.29, 0.717) is 12.1 Å². The van der Waals surface area contributed by atoms with Crippen LogP contribution in [0, 0.1) is 0 Å². The van der Waals surface area contributed by atoms with Gasteiger partial charge in [0.05, 0.1) is 24.4 Å². The van der Waals surface area contributed by atoms with Crippen molar-refractivity contribution in [1.29, 1.82) is 0 Å². The number of aromatic hydroxyl groups is 1. The minimum absolute atomic E-state index is 0.171. The van der Waals surface area contributed by atoms with Crippen LogP contribution in [-0.4, -0.2) is 57.5 Å². The Balaban J connectivity index is 1.62. The van der Waals surface area contributed by atoms with E-state index in [1.54, 1.807) is 30.3 Å². The lowest BCUT2D eigenvalue weighted by molar-refractivity contribution is 0.0911. The van der Waals surface area contributed by atoms with Crippen molar-refractivity contribution >= 4 is 5.91 Å². The number of H-pyrrole nitrogens is 1. The number of phenolic OH excluding ortho intramolecular Hbond substituents is 1. The minimum Gasteiger partial charge on any atom is -0.508 e. The van der Waals surface area contributed by atoms with Crippen molar-refractivity contribution in [1.82, 2.24) is 20.4 Å². The maximum absolute atomic E-state index is 12.4. The molecule has 134 valence electrons. The number of likely N-dealkylation sites (tertiary alicyclic amines) is 1. The Hall–Kier alpha value is -2.38. The third-order valence-corrected chi connectivity index (χ3v) is 4.68. The topological polar surface area (TPSA) is 101 Å². The molecule has 25 heavy (non-hydrogen) atoms. The molecule has 2 heterocycles. The molecule has 7 heteroatoms. The van der Waals surface area contributed by atoms with Crippen molar-refractivity contribution in [2.45, 2.75) is 31.3 Å². The van der Waals surface area contributed by atoms with Gasteiger partial charge >= 0.3 is 0 Å². The van der Waals surface area contributed by atoms with E-state index in [1.807, 2.05) is 0 Å². The molecule has 1 fully saturated rings. The predicted molar refractivity (Wildman–Crippen MR) is 93.3 cm³/mol. The second kappa shape index (κ2) is 7.67. The summed E-state index contributed by atoms with van der Waals surface area (Å²) in [5, 5.41) is 28.8. The quantitative estimate of drug-likeness (QED) is 0.631. The van der Waals surface area contributed by atoms with Crippen LogP contribution in [0.1, 0.15) is 40.6 Å². The molecule has 0 bridgehead atoms. The molecular weight excluding hydrogens is 320 g/mol. The van der Waals surface area contributed by atoms with E-state index in [4.69, 9.17) is 0 Å². The van der Waals surface area contributed by atoms with Crippen LogP contribution in [0.15, 0.2) is 30.3 Å². The van der Waals surface area contributed by atoms with Crippen LogP contribution in [0.3, 0.4) is 0 Å². The molecule has 1 amide bonds. The van der Waals surface area contributed by atoms with Gasteiger partial charge in [0.2, 0.25) is 0 Å². The average Bonchev–Trinajstić information content (AvgIpc) is 3.24. The lowest BCUT2D eigenvalue weighted by atomic mass is 10.1. The normalized spacial score (nSPS) is 19.0. The van der Waals surface area contributed by atoms with Crippen molar-refractivity contribution in [3.05, 3.63) is 47.3 Å². The van der Waals surface area contributed by atoms with Crippen molar-refractivity contribution in [2.75, 3.05) is 20.2 Å². The smallest absolute Gasteiger partial charge is 0.272 e. The summed E-state index contributed by atoms with van der Waals surface area (Å²) in [6, 6.07) is 8.37. The number of hydrogen-bond acceptors (Lipinski definition) is 5. The fourth-order valence-electron chi connectivity index (χ4n) is 3.26. The number of aliphatic hydroxyl groups is 1. The fourth-order valence-corrected chi connectivity index (χ4v) is 3.26.